The number of aryl methyl sites for hydroxylation is 1. The molecule has 1 aliphatic heterocycles. The SMILES string of the molecule is CNCC(c1nc(-c2ccccc2)[nH]c1C)N1CCN(C2CCCC2)CC1. The molecule has 5 nitrogen and oxygen atoms in total. The Morgan fingerprint density at radius 3 is 2.48 bits per heavy atom. The number of rotatable bonds is 6. The molecule has 1 aliphatic carbocycles. The second-order valence-corrected chi connectivity index (χ2v) is 8.05. The number of H-pyrrole nitrogens is 1. The van der Waals surface area contributed by atoms with Crippen LogP contribution in [-0.4, -0.2) is 65.6 Å². The maximum absolute atomic E-state index is 5.02. The second-order valence-electron chi connectivity index (χ2n) is 8.05. The number of nitrogens with one attached hydrogen (secondary N) is 2. The van der Waals surface area contributed by atoms with Crippen molar-refractivity contribution in [2.75, 3.05) is 39.8 Å². The standard InChI is InChI=1S/C22H33N5/c1-17-21(25-22(24-17)18-8-4-3-5-9-18)20(16-23-2)27-14-12-26(13-15-27)19-10-6-7-11-19/h3-5,8-9,19-20,23H,6-7,10-16H2,1-2H3,(H,24,25). The Balaban J connectivity index is 1.49. The Hall–Kier alpha value is -1.69. The average molecular weight is 368 g/mol. The van der Waals surface area contributed by atoms with Crippen LogP contribution in [-0.2, 0) is 0 Å². The monoisotopic (exact) mass is 367 g/mol. The van der Waals surface area contributed by atoms with E-state index in [4.69, 9.17) is 4.98 Å². The van der Waals surface area contributed by atoms with Crippen molar-refractivity contribution in [2.24, 2.45) is 0 Å². The van der Waals surface area contributed by atoms with E-state index in [-0.39, 0.29) is 0 Å². The van der Waals surface area contributed by atoms with Gasteiger partial charge in [0.15, 0.2) is 0 Å². The number of hydrogen-bond acceptors (Lipinski definition) is 4. The first-order valence-corrected chi connectivity index (χ1v) is 10.5. The molecule has 0 amide bonds. The molecule has 0 bridgehead atoms. The van der Waals surface area contributed by atoms with Gasteiger partial charge in [-0.3, -0.25) is 9.80 Å². The van der Waals surface area contributed by atoms with Gasteiger partial charge in [0.05, 0.1) is 11.7 Å². The summed E-state index contributed by atoms with van der Waals surface area (Å²) in [4.78, 5) is 13.9. The van der Waals surface area contributed by atoms with Gasteiger partial charge in [0.25, 0.3) is 0 Å². The summed E-state index contributed by atoms with van der Waals surface area (Å²) in [7, 11) is 2.04. The molecule has 1 unspecified atom stereocenters. The summed E-state index contributed by atoms with van der Waals surface area (Å²) >= 11 is 0. The summed E-state index contributed by atoms with van der Waals surface area (Å²) in [6, 6.07) is 11.6. The van der Waals surface area contributed by atoms with Crippen molar-refractivity contribution in [3.05, 3.63) is 41.7 Å². The van der Waals surface area contributed by atoms with Gasteiger partial charge in [-0.15, -0.1) is 0 Å². The van der Waals surface area contributed by atoms with Gasteiger partial charge < -0.3 is 10.3 Å². The first-order chi connectivity index (χ1) is 13.3. The second kappa shape index (κ2) is 8.55. The molecular formula is C22H33N5. The van der Waals surface area contributed by atoms with Crippen LogP contribution in [0.3, 0.4) is 0 Å². The Morgan fingerprint density at radius 1 is 1.11 bits per heavy atom. The molecule has 1 saturated carbocycles. The number of benzene rings is 1. The Kier molecular flexibility index (Phi) is 5.91. The molecule has 146 valence electrons. The Morgan fingerprint density at radius 2 is 1.81 bits per heavy atom. The highest BCUT2D eigenvalue weighted by atomic mass is 15.3. The number of aromatic nitrogens is 2. The maximum Gasteiger partial charge on any atom is 0.137 e. The van der Waals surface area contributed by atoms with Crippen LogP contribution >= 0.6 is 0 Å². The van der Waals surface area contributed by atoms with E-state index in [1.165, 1.54) is 50.2 Å². The van der Waals surface area contributed by atoms with Gasteiger partial charge in [-0.25, -0.2) is 4.98 Å². The molecule has 2 fully saturated rings. The van der Waals surface area contributed by atoms with E-state index in [0.717, 1.165) is 37.1 Å². The summed E-state index contributed by atoms with van der Waals surface area (Å²) in [6.07, 6.45) is 5.64. The number of nitrogens with zero attached hydrogens (tertiary/aromatic N) is 3. The lowest BCUT2D eigenvalue weighted by molar-refractivity contribution is 0.0689. The van der Waals surface area contributed by atoms with E-state index in [0.29, 0.717) is 6.04 Å². The summed E-state index contributed by atoms with van der Waals surface area (Å²) in [5, 5.41) is 3.40. The van der Waals surface area contributed by atoms with Crippen LogP contribution in [0.5, 0.6) is 0 Å². The topological polar surface area (TPSA) is 47.2 Å². The normalized spacial score (nSPS) is 21.0. The fraction of sp³-hybridized carbons (Fsp3) is 0.591. The summed E-state index contributed by atoms with van der Waals surface area (Å²) in [6.45, 7) is 7.75. The zero-order chi connectivity index (χ0) is 18.6. The third-order valence-corrected chi connectivity index (χ3v) is 6.31. The molecule has 2 heterocycles. The van der Waals surface area contributed by atoms with Gasteiger partial charge in [0, 0.05) is 50.0 Å². The minimum Gasteiger partial charge on any atom is -0.342 e. The summed E-state index contributed by atoms with van der Waals surface area (Å²) in [5.41, 5.74) is 3.53. The fourth-order valence-electron chi connectivity index (χ4n) is 4.81. The van der Waals surface area contributed by atoms with Crippen molar-refractivity contribution in [3.63, 3.8) is 0 Å². The molecule has 0 spiro atoms. The third-order valence-electron chi connectivity index (χ3n) is 6.31. The molecule has 27 heavy (non-hydrogen) atoms. The zero-order valence-corrected chi connectivity index (χ0v) is 16.7. The number of piperazine rings is 1. The Bertz CT molecular complexity index is 712. The molecule has 1 aromatic carbocycles. The fourth-order valence-corrected chi connectivity index (χ4v) is 4.81. The summed E-state index contributed by atoms with van der Waals surface area (Å²) in [5.74, 6) is 0.980. The van der Waals surface area contributed by atoms with E-state index >= 15 is 0 Å². The summed E-state index contributed by atoms with van der Waals surface area (Å²) < 4.78 is 0. The lowest BCUT2D eigenvalue weighted by Gasteiger charge is -2.41. The van der Waals surface area contributed by atoms with Crippen molar-refractivity contribution in [2.45, 2.75) is 44.7 Å². The molecule has 1 saturated heterocycles. The van der Waals surface area contributed by atoms with Crippen LogP contribution < -0.4 is 5.32 Å². The van der Waals surface area contributed by atoms with Crippen molar-refractivity contribution in [1.82, 2.24) is 25.1 Å². The first-order valence-electron chi connectivity index (χ1n) is 10.5. The van der Waals surface area contributed by atoms with Gasteiger partial charge in [0.2, 0.25) is 0 Å². The zero-order valence-electron chi connectivity index (χ0n) is 16.7. The van der Waals surface area contributed by atoms with Gasteiger partial charge in [-0.2, -0.15) is 0 Å². The largest absolute Gasteiger partial charge is 0.342 e. The van der Waals surface area contributed by atoms with E-state index in [9.17, 15) is 0 Å². The highest BCUT2D eigenvalue weighted by molar-refractivity contribution is 5.55. The van der Waals surface area contributed by atoms with Crippen LogP contribution in [0.25, 0.3) is 11.4 Å². The molecular weight excluding hydrogens is 334 g/mol. The van der Waals surface area contributed by atoms with Crippen LogP contribution in [0.15, 0.2) is 30.3 Å². The van der Waals surface area contributed by atoms with Crippen molar-refractivity contribution in [3.8, 4) is 11.4 Å². The number of hydrogen-bond donors (Lipinski definition) is 2. The molecule has 1 atom stereocenters. The predicted octanol–water partition coefficient (Wildman–Crippen LogP) is 3.21. The van der Waals surface area contributed by atoms with Crippen molar-refractivity contribution in [1.29, 1.82) is 0 Å². The Labute approximate surface area is 163 Å². The van der Waals surface area contributed by atoms with Gasteiger partial charge in [-0.05, 0) is 26.8 Å². The highest BCUT2D eigenvalue weighted by Crippen LogP contribution is 2.29. The van der Waals surface area contributed by atoms with Gasteiger partial charge in [-0.1, -0.05) is 43.2 Å². The smallest absolute Gasteiger partial charge is 0.137 e. The number of imidazole rings is 1. The van der Waals surface area contributed by atoms with Crippen LogP contribution in [0.1, 0.15) is 43.1 Å². The molecule has 0 radical (unpaired) electrons. The first kappa shape index (κ1) is 18.7. The van der Waals surface area contributed by atoms with E-state index < -0.39 is 0 Å². The minimum atomic E-state index is 0.328. The van der Waals surface area contributed by atoms with Gasteiger partial charge in [0.1, 0.15) is 5.82 Å². The molecule has 4 rings (SSSR count). The number of aromatic amines is 1. The molecule has 2 N–H and O–H groups in total. The van der Waals surface area contributed by atoms with Crippen molar-refractivity contribution < 1.29 is 0 Å². The molecule has 2 aliphatic rings. The third kappa shape index (κ3) is 4.10. The van der Waals surface area contributed by atoms with Crippen molar-refractivity contribution >= 4 is 0 Å². The number of likely N-dealkylation sites (N-methyl/N-ethyl adjacent to an activating group) is 1. The molecule has 1 aromatic heterocycles. The van der Waals surface area contributed by atoms with E-state index in [1.54, 1.807) is 0 Å². The van der Waals surface area contributed by atoms with Crippen LogP contribution in [0.2, 0.25) is 0 Å². The van der Waals surface area contributed by atoms with Gasteiger partial charge >= 0.3 is 0 Å². The quantitative estimate of drug-likeness (QED) is 0.823. The van der Waals surface area contributed by atoms with Crippen LogP contribution in [0, 0.1) is 6.92 Å². The predicted molar refractivity (Wildman–Crippen MR) is 111 cm³/mol. The molecule has 2 aromatic rings. The van der Waals surface area contributed by atoms with E-state index in [2.05, 4.69) is 51.3 Å². The lowest BCUT2D eigenvalue weighted by Crippen LogP contribution is -2.51. The lowest BCUT2D eigenvalue weighted by atomic mass is 10.1. The maximum atomic E-state index is 5.02. The van der Waals surface area contributed by atoms with Crippen LogP contribution in [0.4, 0.5) is 0 Å². The van der Waals surface area contributed by atoms with E-state index in [1.807, 2.05) is 13.1 Å². The molecule has 5 heteroatoms. The average Bonchev–Trinajstić information content (AvgIpc) is 3.37. The minimum absolute atomic E-state index is 0.328. The highest BCUT2D eigenvalue weighted by Gasteiger charge is 2.31.